The van der Waals surface area contributed by atoms with Crippen LogP contribution in [0.15, 0.2) is 44.8 Å². The van der Waals surface area contributed by atoms with Crippen molar-refractivity contribution < 1.29 is 44.7 Å². The molecular weight excluding hydrogens is 646 g/mol. The lowest BCUT2D eigenvalue weighted by molar-refractivity contribution is -0.699. The Kier molecular flexibility index (Phi) is 10.4. The maximum Gasteiger partial charge on any atom is 0.449 e. The number of nitrogens with zero attached hydrogens (tertiary/aromatic N) is 3. The second kappa shape index (κ2) is 13.7. The van der Waals surface area contributed by atoms with Gasteiger partial charge in [-0.05, 0) is 37.6 Å². The third-order valence-corrected chi connectivity index (χ3v) is 9.66. The molecule has 0 spiro atoms. The second-order valence-corrected chi connectivity index (χ2v) is 13.4. The summed E-state index contributed by atoms with van der Waals surface area (Å²) in [6, 6.07) is 6.36. The number of imide groups is 1. The number of furan rings is 1. The summed E-state index contributed by atoms with van der Waals surface area (Å²) < 4.78 is 81.2. The van der Waals surface area contributed by atoms with Crippen LogP contribution in [0.4, 0.5) is 18.9 Å². The number of thioether (sulfide) groups is 1. The van der Waals surface area contributed by atoms with Crippen LogP contribution in [0.3, 0.4) is 0 Å². The molecule has 0 saturated heterocycles. The number of halogens is 3. The van der Waals surface area contributed by atoms with Gasteiger partial charge in [0.1, 0.15) is 20.8 Å². The molecule has 2 N–H and O–H groups in total. The van der Waals surface area contributed by atoms with Gasteiger partial charge in [-0.3, -0.25) is 28.8 Å². The van der Waals surface area contributed by atoms with Crippen LogP contribution >= 0.6 is 23.1 Å². The fourth-order valence-electron chi connectivity index (χ4n) is 4.56. The Morgan fingerprint density at radius 3 is 2.61 bits per heavy atom. The van der Waals surface area contributed by atoms with Gasteiger partial charge in [-0.15, -0.1) is 11.3 Å². The van der Waals surface area contributed by atoms with Gasteiger partial charge >= 0.3 is 6.18 Å². The molecule has 0 radical (unpaired) electrons. The van der Waals surface area contributed by atoms with Crippen LogP contribution in [0.25, 0.3) is 11.1 Å². The third-order valence-electron chi connectivity index (χ3n) is 6.51. The molecule has 11 nitrogen and oxygen atoms in total. The molecule has 0 aliphatic carbocycles. The summed E-state index contributed by atoms with van der Waals surface area (Å²) in [6.07, 6.45) is 0.237. The Balaban J connectivity index is 1.70. The largest absolute Gasteiger partial charge is 0.449 e. The number of thiazole rings is 1. The first-order valence-electron chi connectivity index (χ1n) is 13.5. The van der Waals surface area contributed by atoms with Crippen LogP contribution in [-0.4, -0.2) is 41.6 Å². The number of unbranched alkanes of at least 4 members (excludes halogenated alkanes) is 1. The Bertz CT molecular complexity index is 1850. The van der Waals surface area contributed by atoms with Gasteiger partial charge in [0.25, 0.3) is 15.7 Å². The highest BCUT2D eigenvalue weighted by Gasteiger charge is 2.40. The van der Waals surface area contributed by atoms with Crippen molar-refractivity contribution >= 4 is 61.8 Å². The van der Waals surface area contributed by atoms with Crippen LogP contribution in [0, 0.1) is 0 Å². The third kappa shape index (κ3) is 8.19. The molecule has 4 heterocycles. The summed E-state index contributed by atoms with van der Waals surface area (Å²) in [5.41, 5.74) is 0.463. The lowest BCUT2D eigenvalue weighted by Gasteiger charge is -2.18. The highest BCUT2D eigenvalue weighted by Crippen LogP contribution is 2.50. The smallest absolute Gasteiger partial charge is 0.443 e. The number of aryl methyl sites for hydroxylation is 1. The van der Waals surface area contributed by atoms with Gasteiger partial charge in [0.2, 0.25) is 23.3 Å². The van der Waals surface area contributed by atoms with E-state index in [1.54, 1.807) is 6.92 Å². The molecule has 1 aliphatic heterocycles. The van der Waals surface area contributed by atoms with E-state index in [9.17, 15) is 36.0 Å². The minimum Gasteiger partial charge on any atom is -0.443 e. The Hall–Kier alpha value is -3.41. The summed E-state index contributed by atoms with van der Waals surface area (Å²) in [5, 5.41) is 2.48. The number of rotatable bonds is 11. The minimum absolute atomic E-state index is 0.0620. The number of nitrogens with one attached hydrogen (secondary N) is 1. The summed E-state index contributed by atoms with van der Waals surface area (Å²) in [4.78, 5) is 37.8. The van der Waals surface area contributed by atoms with E-state index < -0.39 is 33.7 Å². The van der Waals surface area contributed by atoms with Gasteiger partial charge < -0.3 is 9.32 Å². The molecule has 17 heteroatoms. The molecule has 0 bridgehead atoms. The molecule has 3 aromatic rings. The zero-order valence-electron chi connectivity index (χ0n) is 23.7. The monoisotopic (exact) mass is 675 g/mol. The number of hydrogen-bond donors (Lipinski definition) is 2. The number of hydrogen-bond acceptors (Lipinski definition) is 9. The SMILES string of the molecule is CCn1c(=O)/c(=C2/Sc3oc(C(F)(F)F)cc3N2CCCS(=O)(=O)O)s/c1=C/c1cccc[n+]1CCCCC(=O)NC(C)=O. The number of amides is 2. The quantitative estimate of drug-likeness (QED) is 0.178. The summed E-state index contributed by atoms with van der Waals surface area (Å²) >= 11 is 2.00. The molecule has 0 aromatic carbocycles. The van der Waals surface area contributed by atoms with Crippen molar-refractivity contribution in [1.82, 2.24) is 9.88 Å². The van der Waals surface area contributed by atoms with Crippen molar-refractivity contribution in [2.24, 2.45) is 0 Å². The van der Waals surface area contributed by atoms with Crippen LogP contribution in [0.2, 0.25) is 0 Å². The highest BCUT2D eigenvalue weighted by atomic mass is 32.2. The lowest BCUT2D eigenvalue weighted by Crippen LogP contribution is -2.38. The number of fused-ring (bicyclic) bond motifs is 1. The summed E-state index contributed by atoms with van der Waals surface area (Å²) in [6.45, 7) is 3.84. The van der Waals surface area contributed by atoms with E-state index in [2.05, 4.69) is 5.32 Å². The van der Waals surface area contributed by atoms with Crippen molar-refractivity contribution in [3.8, 4) is 0 Å². The lowest BCUT2D eigenvalue weighted by atomic mass is 10.2. The number of pyridine rings is 1. The van der Waals surface area contributed by atoms with E-state index >= 15 is 0 Å². The first-order chi connectivity index (χ1) is 20.7. The molecular formula is C27H30F3N4O7S3+. The zero-order valence-corrected chi connectivity index (χ0v) is 26.2. The maximum atomic E-state index is 13.6. The van der Waals surface area contributed by atoms with Gasteiger partial charge in [-0.2, -0.15) is 26.2 Å². The molecule has 3 aromatic heterocycles. The predicted molar refractivity (Wildman–Crippen MR) is 158 cm³/mol. The fourth-order valence-corrected chi connectivity index (χ4v) is 7.47. The standard InChI is InChI=1S/C27H29F3N4O7S3/c1-3-33-22(15-18-9-4-6-11-32(18)12-7-5-10-21(36)31-17(2)35)42-23(24(33)37)25-34(13-8-14-44(38,39)40)19-16-20(27(28,29)30)41-26(19)43-25/h4,6,9,11,15-16H,3,5,7-8,10,12-14H2,1-2H3,(H-,31,35,36,38,39,40)/p+1/b25-23-. The molecule has 44 heavy (non-hydrogen) atoms. The van der Waals surface area contributed by atoms with Gasteiger partial charge in [0.05, 0.1) is 11.4 Å². The molecule has 4 rings (SSSR count). The zero-order chi connectivity index (χ0) is 32.2. The molecule has 1 aliphatic rings. The first-order valence-corrected chi connectivity index (χ1v) is 16.8. The maximum absolute atomic E-state index is 13.6. The van der Waals surface area contributed by atoms with E-state index in [0.29, 0.717) is 35.6 Å². The number of anilines is 1. The average molecular weight is 676 g/mol. The topological polar surface area (TPSA) is 143 Å². The second-order valence-electron chi connectivity index (χ2n) is 9.82. The number of carbonyl (C=O) groups excluding carboxylic acids is 2. The van der Waals surface area contributed by atoms with E-state index in [1.165, 1.54) is 16.4 Å². The number of alkyl halides is 3. The minimum atomic E-state index is -4.74. The van der Waals surface area contributed by atoms with Crippen molar-refractivity contribution in [1.29, 1.82) is 0 Å². The summed E-state index contributed by atoms with van der Waals surface area (Å²) in [5.74, 6) is -2.58. The molecule has 0 saturated carbocycles. The molecule has 0 atom stereocenters. The first kappa shape index (κ1) is 33.5. The highest BCUT2D eigenvalue weighted by molar-refractivity contribution is 8.08. The van der Waals surface area contributed by atoms with Gasteiger partial charge in [-0.25, -0.2) is 0 Å². The van der Waals surface area contributed by atoms with Crippen LogP contribution in [0.5, 0.6) is 0 Å². The fraction of sp³-hybridized carbons (Fsp3) is 0.407. The molecule has 2 amide bonds. The van der Waals surface area contributed by atoms with Crippen LogP contribution in [-0.2, 0) is 39.0 Å². The van der Waals surface area contributed by atoms with E-state index in [-0.39, 0.29) is 46.2 Å². The number of carbonyl (C=O) groups is 2. The molecule has 0 unspecified atom stereocenters. The van der Waals surface area contributed by atoms with Crippen molar-refractivity contribution in [2.75, 3.05) is 17.2 Å². The Morgan fingerprint density at radius 2 is 1.95 bits per heavy atom. The van der Waals surface area contributed by atoms with Crippen LogP contribution in [0.1, 0.15) is 51.0 Å². The van der Waals surface area contributed by atoms with Crippen molar-refractivity contribution in [3.63, 3.8) is 0 Å². The van der Waals surface area contributed by atoms with Gasteiger partial charge in [-0.1, -0.05) is 0 Å². The predicted octanol–water partition coefficient (Wildman–Crippen LogP) is 2.45. The van der Waals surface area contributed by atoms with E-state index in [4.69, 9.17) is 8.97 Å². The molecule has 0 fully saturated rings. The Labute approximate surface area is 258 Å². The normalized spacial score (nSPS) is 15.1. The van der Waals surface area contributed by atoms with Crippen LogP contribution < -0.4 is 29.5 Å². The van der Waals surface area contributed by atoms with Gasteiger partial charge in [0.15, 0.2) is 11.3 Å². The summed E-state index contributed by atoms with van der Waals surface area (Å²) in [7, 11) is -4.31. The number of aromatic nitrogens is 2. The van der Waals surface area contributed by atoms with E-state index in [1.807, 2.05) is 35.0 Å². The average Bonchev–Trinajstić information content (AvgIpc) is 3.57. The van der Waals surface area contributed by atoms with Crippen molar-refractivity contribution in [3.05, 3.63) is 61.5 Å². The van der Waals surface area contributed by atoms with E-state index in [0.717, 1.165) is 34.9 Å². The van der Waals surface area contributed by atoms with Gasteiger partial charge in [0, 0.05) is 57.1 Å². The molecule has 238 valence electrons. The Morgan fingerprint density at radius 1 is 1.20 bits per heavy atom. The van der Waals surface area contributed by atoms with Crippen molar-refractivity contribution in [2.45, 2.75) is 63.9 Å².